The van der Waals surface area contributed by atoms with Gasteiger partial charge in [-0.25, -0.2) is 10.6 Å². The zero-order valence-electron chi connectivity index (χ0n) is 9.78. The Labute approximate surface area is 95.0 Å². The van der Waals surface area contributed by atoms with Gasteiger partial charge in [0.15, 0.2) is 0 Å². The van der Waals surface area contributed by atoms with Gasteiger partial charge in [0.2, 0.25) is 0 Å². The average molecular weight is 223 g/mol. The van der Waals surface area contributed by atoms with Crippen LogP contribution in [0.15, 0.2) is 34.8 Å². The zero-order valence-corrected chi connectivity index (χ0v) is 9.78. The van der Waals surface area contributed by atoms with E-state index in [1.807, 2.05) is 6.92 Å². The highest BCUT2D eigenvalue weighted by Gasteiger charge is 2.24. The normalized spacial score (nSPS) is 18.9. The molecule has 1 aliphatic rings. The minimum absolute atomic E-state index is 0.340. The van der Waals surface area contributed by atoms with Crippen molar-refractivity contribution in [2.45, 2.75) is 20.8 Å². The minimum Gasteiger partial charge on any atom is -0.462 e. The van der Waals surface area contributed by atoms with Crippen LogP contribution >= 0.6 is 0 Å². The van der Waals surface area contributed by atoms with E-state index < -0.39 is 0 Å². The van der Waals surface area contributed by atoms with Crippen molar-refractivity contribution in [1.29, 1.82) is 0 Å². The first kappa shape index (κ1) is 12.3. The molecule has 0 aliphatic carbocycles. The van der Waals surface area contributed by atoms with E-state index in [1.54, 1.807) is 19.9 Å². The number of hydrogen-bond acceptors (Lipinski definition) is 5. The third-order valence-electron chi connectivity index (χ3n) is 2.41. The zero-order chi connectivity index (χ0) is 12.3. The quantitative estimate of drug-likeness (QED) is 0.533. The largest absolute Gasteiger partial charge is 0.462 e. The van der Waals surface area contributed by atoms with Crippen LogP contribution in [0.25, 0.3) is 0 Å². The van der Waals surface area contributed by atoms with Crippen LogP contribution in [0.5, 0.6) is 0 Å². The number of esters is 1. The molecule has 0 bridgehead atoms. The first-order valence-corrected chi connectivity index (χ1v) is 5.06. The van der Waals surface area contributed by atoms with Crippen LogP contribution in [0, 0.1) is 0 Å². The van der Waals surface area contributed by atoms with Crippen molar-refractivity contribution in [3.63, 3.8) is 0 Å². The van der Waals surface area contributed by atoms with Crippen LogP contribution in [-0.2, 0) is 9.53 Å². The highest BCUT2D eigenvalue weighted by molar-refractivity contribution is 5.94. The molecule has 0 unspecified atom stereocenters. The Bertz CT molecular complexity index is 394. The molecule has 1 aliphatic heterocycles. The average Bonchev–Trinajstić information content (AvgIpc) is 2.24. The van der Waals surface area contributed by atoms with E-state index in [0.717, 1.165) is 5.57 Å². The van der Waals surface area contributed by atoms with Gasteiger partial charge < -0.3 is 10.5 Å². The highest BCUT2D eigenvalue weighted by atomic mass is 16.5. The molecule has 5 heteroatoms. The lowest BCUT2D eigenvalue weighted by atomic mass is 10.0. The summed E-state index contributed by atoms with van der Waals surface area (Å²) in [5, 5.41) is 1.37. The van der Waals surface area contributed by atoms with Gasteiger partial charge >= 0.3 is 5.97 Å². The fourth-order valence-electron chi connectivity index (χ4n) is 1.60. The number of ether oxygens (including phenoxy) is 1. The Morgan fingerprint density at radius 2 is 2.19 bits per heavy atom. The standard InChI is InChI=1S/C11H17N3O2/c1-4-16-11(15)10-7(2)5-9(6-12)14(13)8(10)3/h5-6H,4,12-13H2,1-3H3/b9-6-. The molecule has 0 radical (unpaired) electrons. The third-order valence-corrected chi connectivity index (χ3v) is 2.41. The van der Waals surface area contributed by atoms with Crippen molar-refractivity contribution in [2.24, 2.45) is 11.6 Å². The molecule has 4 N–H and O–H groups in total. The molecule has 0 amide bonds. The lowest BCUT2D eigenvalue weighted by Crippen LogP contribution is -2.33. The Morgan fingerprint density at radius 3 is 2.69 bits per heavy atom. The molecular weight excluding hydrogens is 206 g/mol. The van der Waals surface area contributed by atoms with E-state index in [0.29, 0.717) is 23.6 Å². The third kappa shape index (κ3) is 2.09. The topological polar surface area (TPSA) is 81.6 Å². The van der Waals surface area contributed by atoms with Gasteiger partial charge in [-0.3, -0.25) is 5.01 Å². The summed E-state index contributed by atoms with van der Waals surface area (Å²) >= 11 is 0. The first-order chi connectivity index (χ1) is 7.52. The molecule has 0 aromatic heterocycles. The Kier molecular flexibility index (Phi) is 3.73. The second-order valence-corrected chi connectivity index (χ2v) is 3.47. The predicted molar refractivity (Wildman–Crippen MR) is 61.4 cm³/mol. The number of rotatable bonds is 2. The number of hydrogen-bond donors (Lipinski definition) is 2. The fourth-order valence-corrected chi connectivity index (χ4v) is 1.60. The second-order valence-electron chi connectivity index (χ2n) is 3.47. The predicted octanol–water partition coefficient (Wildman–Crippen LogP) is 0.759. The smallest absolute Gasteiger partial charge is 0.340 e. The van der Waals surface area contributed by atoms with E-state index in [4.69, 9.17) is 16.3 Å². The maximum atomic E-state index is 11.7. The van der Waals surface area contributed by atoms with Crippen molar-refractivity contribution in [1.82, 2.24) is 5.01 Å². The monoisotopic (exact) mass is 223 g/mol. The number of allylic oxidation sites excluding steroid dienone is 2. The molecular formula is C11H17N3O2. The molecule has 0 atom stereocenters. The molecule has 0 saturated heterocycles. The van der Waals surface area contributed by atoms with Gasteiger partial charge in [-0.15, -0.1) is 0 Å². The molecule has 1 heterocycles. The maximum absolute atomic E-state index is 11.7. The number of nitrogens with zero attached hydrogens (tertiary/aromatic N) is 1. The van der Waals surface area contributed by atoms with E-state index in [9.17, 15) is 4.79 Å². The van der Waals surface area contributed by atoms with Crippen molar-refractivity contribution < 1.29 is 9.53 Å². The molecule has 0 aromatic carbocycles. The van der Waals surface area contributed by atoms with Crippen LogP contribution in [-0.4, -0.2) is 17.6 Å². The molecule has 5 nitrogen and oxygen atoms in total. The SMILES string of the molecule is CCOC(=O)C1=C(C)N(N)/C(=C\N)C=C1C. The summed E-state index contributed by atoms with van der Waals surface area (Å²) in [6, 6.07) is 0. The lowest BCUT2D eigenvalue weighted by molar-refractivity contribution is -0.138. The molecule has 88 valence electrons. The summed E-state index contributed by atoms with van der Waals surface area (Å²) in [6.07, 6.45) is 3.15. The molecule has 0 saturated carbocycles. The lowest BCUT2D eigenvalue weighted by Gasteiger charge is -2.27. The van der Waals surface area contributed by atoms with E-state index in [-0.39, 0.29) is 5.97 Å². The van der Waals surface area contributed by atoms with Gasteiger partial charge in [-0.05, 0) is 32.4 Å². The Hall–Kier alpha value is -1.75. The summed E-state index contributed by atoms with van der Waals surface area (Å²) in [7, 11) is 0. The summed E-state index contributed by atoms with van der Waals surface area (Å²) in [5.74, 6) is 5.43. The van der Waals surface area contributed by atoms with E-state index in [1.165, 1.54) is 11.2 Å². The summed E-state index contributed by atoms with van der Waals surface area (Å²) < 4.78 is 4.97. The van der Waals surface area contributed by atoms with Crippen LogP contribution in [0.3, 0.4) is 0 Å². The van der Waals surface area contributed by atoms with Gasteiger partial charge in [0.25, 0.3) is 0 Å². The van der Waals surface area contributed by atoms with Crippen molar-refractivity contribution in [3.8, 4) is 0 Å². The van der Waals surface area contributed by atoms with E-state index in [2.05, 4.69) is 0 Å². The maximum Gasteiger partial charge on any atom is 0.340 e. The fraction of sp³-hybridized carbons (Fsp3) is 0.364. The van der Waals surface area contributed by atoms with E-state index >= 15 is 0 Å². The molecule has 0 spiro atoms. The first-order valence-electron chi connectivity index (χ1n) is 5.06. The van der Waals surface area contributed by atoms with Gasteiger partial charge in [-0.1, -0.05) is 0 Å². The van der Waals surface area contributed by atoms with Crippen molar-refractivity contribution in [3.05, 3.63) is 34.8 Å². The number of carbonyl (C=O) groups is 1. The Balaban J connectivity index is 3.14. The number of carbonyl (C=O) groups excluding carboxylic acids is 1. The van der Waals surface area contributed by atoms with Gasteiger partial charge in [-0.2, -0.15) is 0 Å². The molecule has 0 aromatic rings. The van der Waals surface area contributed by atoms with Crippen molar-refractivity contribution in [2.75, 3.05) is 6.61 Å². The molecule has 1 rings (SSSR count). The van der Waals surface area contributed by atoms with Crippen LogP contribution in [0.1, 0.15) is 20.8 Å². The van der Waals surface area contributed by atoms with Gasteiger partial charge in [0.05, 0.1) is 17.9 Å². The molecule has 0 fully saturated rings. The summed E-state index contributed by atoms with van der Waals surface area (Å²) in [5.41, 5.74) is 8.02. The Morgan fingerprint density at radius 1 is 1.56 bits per heavy atom. The summed E-state index contributed by atoms with van der Waals surface area (Å²) in [4.78, 5) is 11.7. The van der Waals surface area contributed by atoms with Crippen LogP contribution in [0.4, 0.5) is 0 Å². The minimum atomic E-state index is -0.361. The second kappa shape index (κ2) is 4.85. The van der Waals surface area contributed by atoms with Gasteiger partial charge in [0.1, 0.15) is 0 Å². The van der Waals surface area contributed by atoms with Crippen LogP contribution in [0.2, 0.25) is 0 Å². The summed E-state index contributed by atoms with van der Waals surface area (Å²) in [6.45, 7) is 5.69. The van der Waals surface area contributed by atoms with Gasteiger partial charge in [0, 0.05) is 11.9 Å². The number of hydrazine groups is 1. The number of nitrogens with two attached hydrogens (primary N) is 2. The molecule has 16 heavy (non-hydrogen) atoms. The van der Waals surface area contributed by atoms with Crippen molar-refractivity contribution >= 4 is 5.97 Å². The van der Waals surface area contributed by atoms with Crippen LogP contribution < -0.4 is 11.6 Å². The highest BCUT2D eigenvalue weighted by Crippen LogP contribution is 2.26.